The zero-order valence-electron chi connectivity index (χ0n) is 37.0. The minimum Gasteiger partial charge on any atom is -0.508 e. The molecule has 0 bridgehead atoms. The minimum atomic E-state index is -1.68. The van der Waals surface area contributed by atoms with Crippen molar-refractivity contribution in [1.82, 2.24) is 5.01 Å². The summed E-state index contributed by atoms with van der Waals surface area (Å²) in [6.07, 6.45) is 5.92. The Labute approximate surface area is 397 Å². The Morgan fingerprint density at radius 2 is 1.51 bits per heavy atom. The van der Waals surface area contributed by atoms with Crippen LogP contribution in [0.3, 0.4) is 0 Å². The fourth-order valence-electron chi connectivity index (χ4n) is 10.7. The number of rotatable bonds is 12. The van der Waals surface area contributed by atoms with Crippen LogP contribution < -0.4 is 24.5 Å². The maximum Gasteiger partial charge on any atom is 0.260 e. The fourth-order valence-corrected chi connectivity index (χ4v) is 10.9. The number of phenols is 1. The number of imide groups is 2. The van der Waals surface area contributed by atoms with Crippen molar-refractivity contribution in [2.24, 2.45) is 23.7 Å². The van der Waals surface area contributed by atoms with Gasteiger partial charge >= 0.3 is 0 Å². The normalized spacial score (nSPS) is 23.0. The average Bonchev–Trinajstić information content (AvgIpc) is 3.74. The first kappa shape index (κ1) is 44.2. The molecule has 2 saturated heterocycles. The Bertz CT molecular complexity index is 3020. The summed E-state index contributed by atoms with van der Waals surface area (Å²) in [5.41, 5.74) is 5.97. The molecule has 68 heavy (non-hydrogen) atoms. The van der Waals surface area contributed by atoms with E-state index in [9.17, 15) is 19.1 Å². The molecule has 4 aliphatic rings. The van der Waals surface area contributed by atoms with Crippen molar-refractivity contribution in [3.63, 3.8) is 0 Å². The molecule has 0 spiro atoms. The van der Waals surface area contributed by atoms with E-state index in [0.717, 1.165) is 21.7 Å². The van der Waals surface area contributed by atoms with Gasteiger partial charge in [0.15, 0.2) is 0 Å². The van der Waals surface area contributed by atoms with Crippen molar-refractivity contribution in [1.29, 1.82) is 0 Å². The molecule has 3 fully saturated rings. The number of fused-ring (bicyclic) bond motifs is 4. The van der Waals surface area contributed by atoms with E-state index < -0.39 is 58.5 Å². The lowest BCUT2D eigenvalue weighted by Gasteiger charge is -2.50. The molecule has 6 aromatic carbocycles. The number of anilines is 2. The second kappa shape index (κ2) is 17.8. The van der Waals surface area contributed by atoms with Gasteiger partial charge in [0.05, 0.1) is 48.8 Å². The number of ether oxygens (including phenoxy) is 3. The van der Waals surface area contributed by atoms with Crippen LogP contribution in [0.25, 0.3) is 12.2 Å². The number of phenolic OH excluding ortho intramolecular Hbond substituents is 1. The van der Waals surface area contributed by atoms with E-state index in [1.807, 2.05) is 78.9 Å². The summed E-state index contributed by atoms with van der Waals surface area (Å²) in [6, 6.07) is 39.1. The highest BCUT2D eigenvalue weighted by atomic mass is 35.5. The highest BCUT2D eigenvalue weighted by Crippen LogP contribution is 2.65. The van der Waals surface area contributed by atoms with E-state index in [0.29, 0.717) is 50.3 Å². The molecule has 6 atom stereocenters. The van der Waals surface area contributed by atoms with Gasteiger partial charge in [-0.1, -0.05) is 96.1 Å². The molecule has 4 amide bonds. The molecular formula is C55H45ClFN3O8. The number of nitrogens with zero attached hydrogens (tertiary/aromatic N) is 2. The largest absolute Gasteiger partial charge is 0.508 e. The topological polar surface area (TPSA) is 135 Å². The Balaban J connectivity index is 1.04. The number of hydrazine groups is 1. The van der Waals surface area contributed by atoms with Crippen molar-refractivity contribution >= 4 is 58.8 Å². The van der Waals surface area contributed by atoms with Crippen LogP contribution in [0.1, 0.15) is 46.6 Å². The number of hydrogen-bond donors (Lipinski definition) is 2. The van der Waals surface area contributed by atoms with Crippen LogP contribution in [-0.2, 0) is 31.2 Å². The van der Waals surface area contributed by atoms with Crippen LogP contribution in [0.2, 0.25) is 5.02 Å². The van der Waals surface area contributed by atoms with Crippen LogP contribution in [0, 0.1) is 29.5 Å². The molecule has 6 aromatic rings. The average molecular weight is 930 g/mol. The quantitative estimate of drug-likeness (QED) is 0.0699. The number of carbonyl (C=O) groups is 4. The predicted molar refractivity (Wildman–Crippen MR) is 255 cm³/mol. The third-order valence-electron chi connectivity index (χ3n) is 13.9. The molecule has 13 heteroatoms. The van der Waals surface area contributed by atoms with Gasteiger partial charge in [0, 0.05) is 28.1 Å². The highest BCUT2D eigenvalue weighted by Gasteiger charge is 2.70. The number of allylic oxidation sites excluding steroid dienone is 2. The Morgan fingerprint density at radius 3 is 2.22 bits per heavy atom. The summed E-state index contributed by atoms with van der Waals surface area (Å²) in [7, 11) is 3.18. The zero-order chi connectivity index (χ0) is 47.3. The molecule has 11 nitrogen and oxygen atoms in total. The summed E-state index contributed by atoms with van der Waals surface area (Å²) in [6.45, 7) is 0.234. The van der Waals surface area contributed by atoms with Crippen molar-refractivity contribution in [2.75, 3.05) is 24.5 Å². The van der Waals surface area contributed by atoms with E-state index in [4.69, 9.17) is 25.8 Å². The van der Waals surface area contributed by atoms with Crippen LogP contribution in [-0.4, -0.2) is 48.0 Å². The maximum atomic E-state index is 15.6. The van der Waals surface area contributed by atoms with Crippen LogP contribution in [0.4, 0.5) is 15.8 Å². The van der Waals surface area contributed by atoms with Crippen molar-refractivity contribution in [3.05, 3.63) is 190 Å². The number of aromatic hydroxyl groups is 1. The second-order valence-corrected chi connectivity index (χ2v) is 17.8. The third kappa shape index (κ3) is 7.54. The number of carbonyl (C=O) groups excluding carboxylic acids is 4. The Morgan fingerprint density at radius 1 is 0.779 bits per heavy atom. The molecule has 2 aliphatic carbocycles. The van der Waals surface area contributed by atoms with Gasteiger partial charge in [-0.15, -0.1) is 0 Å². The van der Waals surface area contributed by atoms with Gasteiger partial charge in [-0.3, -0.25) is 29.5 Å². The van der Waals surface area contributed by atoms with E-state index in [2.05, 4.69) is 5.43 Å². The summed E-state index contributed by atoms with van der Waals surface area (Å²) in [4.78, 5) is 61.4. The Hall–Kier alpha value is -7.70. The van der Waals surface area contributed by atoms with Gasteiger partial charge < -0.3 is 19.3 Å². The lowest BCUT2D eigenvalue weighted by molar-refractivity contribution is -0.138. The summed E-state index contributed by atoms with van der Waals surface area (Å²) in [5, 5.41) is 13.5. The lowest BCUT2D eigenvalue weighted by Crippen LogP contribution is -2.53. The SMILES string of the molecule is COc1ccc(OC)c(C=Cc2ccc(N3C(=O)C4CC=C5C(CC6C(=O)N(Nc7ccc(F)cc7)C(=O)C6(c6ccc(Cl)cc6)C5c5ccc(OCc6ccccc6)cc5O)C4C3=O)cc2)c1. The van der Waals surface area contributed by atoms with Crippen LogP contribution in [0.5, 0.6) is 23.0 Å². The minimum absolute atomic E-state index is 0.0294. The monoisotopic (exact) mass is 929 g/mol. The molecule has 0 aromatic heterocycles. The van der Waals surface area contributed by atoms with E-state index in [1.54, 1.807) is 62.8 Å². The molecule has 2 N–H and O–H groups in total. The first-order valence-electron chi connectivity index (χ1n) is 22.2. The molecule has 6 unspecified atom stereocenters. The number of amides is 4. The molecule has 1 saturated carbocycles. The first-order chi connectivity index (χ1) is 33.0. The van der Waals surface area contributed by atoms with Crippen molar-refractivity contribution in [2.45, 2.75) is 30.8 Å². The molecule has 0 radical (unpaired) electrons. The van der Waals surface area contributed by atoms with E-state index in [1.165, 1.54) is 35.2 Å². The van der Waals surface area contributed by atoms with Gasteiger partial charge in [0.1, 0.15) is 35.4 Å². The van der Waals surface area contributed by atoms with Gasteiger partial charge in [-0.2, -0.15) is 5.01 Å². The van der Waals surface area contributed by atoms with Crippen LogP contribution >= 0.6 is 11.6 Å². The Kier molecular flexibility index (Phi) is 11.6. The van der Waals surface area contributed by atoms with Gasteiger partial charge in [-0.25, -0.2) is 4.39 Å². The van der Waals surface area contributed by atoms with Crippen molar-refractivity contribution < 1.29 is 42.9 Å². The molecule has 342 valence electrons. The van der Waals surface area contributed by atoms with Gasteiger partial charge in [0.2, 0.25) is 11.8 Å². The third-order valence-corrected chi connectivity index (χ3v) is 14.1. The maximum absolute atomic E-state index is 15.6. The molecule has 10 rings (SSSR count). The van der Waals surface area contributed by atoms with E-state index in [-0.39, 0.29) is 31.1 Å². The molecule has 2 heterocycles. The molecule has 2 aliphatic heterocycles. The van der Waals surface area contributed by atoms with Gasteiger partial charge in [-0.05, 0) is 108 Å². The van der Waals surface area contributed by atoms with Crippen molar-refractivity contribution in [3.8, 4) is 23.0 Å². The summed E-state index contributed by atoms with van der Waals surface area (Å²) in [5.74, 6) is -5.37. The van der Waals surface area contributed by atoms with Gasteiger partial charge in [0.25, 0.3) is 11.8 Å². The first-order valence-corrected chi connectivity index (χ1v) is 22.6. The molecular weight excluding hydrogens is 885 g/mol. The summed E-state index contributed by atoms with van der Waals surface area (Å²) >= 11 is 6.45. The number of nitrogens with one attached hydrogen (secondary N) is 1. The number of hydrogen-bond acceptors (Lipinski definition) is 9. The number of methoxy groups -OCH3 is 2. The predicted octanol–water partition coefficient (Wildman–Crippen LogP) is 10.1. The zero-order valence-corrected chi connectivity index (χ0v) is 37.7. The fraction of sp³-hybridized carbons (Fsp3) is 0.200. The second-order valence-electron chi connectivity index (χ2n) is 17.4. The standard InChI is InChI=1S/C55H45ClFN3O8/c1-66-40-23-27-48(67-2)34(28-40)11-8-32-9-20-39(21-10-32)59-51(62)44-26-25-42-45(49(44)53(59)64)30-46-52(63)60(58-38-18-16-37(57)17-19-38)54(65)55(46,35-12-14-36(56)15-13-35)50(42)43-24-22-41(29-47(43)61)68-31-33-6-4-3-5-7-33/h3-25,27-29,44-46,49-50,58,61H,26,30-31H2,1-2H3. The summed E-state index contributed by atoms with van der Waals surface area (Å²) < 4.78 is 31.1. The lowest BCUT2D eigenvalue weighted by atomic mass is 9.49. The number of halogens is 2. The van der Waals surface area contributed by atoms with Crippen LogP contribution in [0.15, 0.2) is 151 Å². The number of benzene rings is 6. The highest BCUT2D eigenvalue weighted by molar-refractivity contribution is 6.30. The smallest absolute Gasteiger partial charge is 0.260 e. The van der Waals surface area contributed by atoms with E-state index >= 15 is 9.59 Å².